The maximum Gasteiger partial charge on any atom is 0.257 e. The highest BCUT2D eigenvalue weighted by atomic mass is 16.5. The summed E-state index contributed by atoms with van der Waals surface area (Å²) in [7, 11) is 1.77. The summed E-state index contributed by atoms with van der Waals surface area (Å²) in [5, 5.41) is 12.0. The van der Waals surface area contributed by atoms with Crippen molar-refractivity contribution in [3.05, 3.63) is 77.4 Å². The Morgan fingerprint density at radius 1 is 1.18 bits per heavy atom. The Balaban J connectivity index is 1.29. The van der Waals surface area contributed by atoms with Crippen LogP contribution in [0.25, 0.3) is 11.0 Å². The second kappa shape index (κ2) is 13.7. The van der Waals surface area contributed by atoms with Gasteiger partial charge in [-0.25, -0.2) is 4.98 Å². The molecule has 228 valence electrons. The maximum atomic E-state index is 13.4. The van der Waals surface area contributed by atoms with E-state index in [2.05, 4.69) is 16.4 Å². The number of anilines is 2. The van der Waals surface area contributed by atoms with Crippen LogP contribution in [0, 0.1) is 23.2 Å². The second-order valence-corrected chi connectivity index (χ2v) is 11.7. The van der Waals surface area contributed by atoms with Gasteiger partial charge >= 0.3 is 0 Å². The standard InChI is InChI=1S/C34H38N6O4/c1-22-16-26(10-13-30(22)44-21-25-9-5-8-24(17-25)20-35)33(43)38-34-37-28-19-27(11-12-29(28)40(34)15-14-31(36)41)39(2)32(42)18-23-6-3-4-7-23/h5,8-13,16-17,19,22-23,30H,3-4,6-7,14-15,18,21H2,1-2H3,(H2,36,41)(H,37,38,43). The highest BCUT2D eigenvalue weighted by Crippen LogP contribution is 2.30. The zero-order valence-electron chi connectivity index (χ0n) is 25.2. The van der Waals surface area contributed by atoms with Crippen molar-refractivity contribution in [1.82, 2.24) is 9.55 Å². The van der Waals surface area contributed by atoms with Gasteiger partial charge in [-0.15, -0.1) is 0 Å². The van der Waals surface area contributed by atoms with Crippen molar-refractivity contribution in [3.63, 3.8) is 0 Å². The summed E-state index contributed by atoms with van der Waals surface area (Å²) in [5.74, 6) is -0.0728. The molecule has 2 aliphatic carbocycles. The number of ether oxygens (including phenoxy) is 1. The van der Waals surface area contributed by atoms with E-state index in [1.54, 1.807) is 34.7 Å². The third-order valence-electron chi connectivity index (χ3n) is 8.43. The Labute approximate surface area is 257 Å². The predicted octanol–water partition coefficient (Wildman–Crippen LogP) is 4.98. The summed E-state index contributed by atoms with van der Waals surface area (Å²) < 4.78 is 7.83. The van der Waals surface area contributed by atoms with Crippen LogP contribution in [0.2, 0.25) is 0 Å². The Hall–Kier alpha value is -4.75. The third-order valence-corrected chi connectivity index (χ3v) is 8.43. The molecule has 0 bridgehead atoms. The number of imidazole rings is 1. The van der Waals surface area contributed by atoms with E-state index in [4.69, 9.17) is 15.7 Å². The number of nitrogens with two attached hydrogens (primary N) is 1. The van der Waals surface area contributed by atoms with E-state index in [9.17, 15) is 14.4 Å². The van der Waals surface area contributed by atoms with Crippen LogP contribution < -0.4 is 16.0 Å². The maximum absolute atomic E-state index is 13.4. The van der Waals surface area contributed by atoms with E-state index >= 15 is 0 Å². The van der Waals surface area contributed by atoms with Crippen molar-refractivity contribution in [2.75, 3.05) is 17.3 Å². The second-order valence-electron chi connectivity index (χ2n) is 11.7. The SMILES string of the molecule is CC1C=C(C(=O)Nc2nc3cc(N(C)C(=O)CC4CCCC4)ccc3n2CCC(N)=O)C=CC1OCc1cccc(C#N)c1. The van der Waals surface area contributed by atoms with E-state index in [0.29, 0.717) is 41.5 Å². The molecule has 44 heavy (non-hydrogen) atoms. The Morgan fingerprint density at radius 3 is 2.70 bits per heavy atom. The lowest BCUT2D eigenvalue weighted by Crippen LogP contribution is -2.27. The minimum atomic E-state index is -0.463. The van der Waals surface area contributed by atoms with Crippen LogP contribution in [0.4, 0.5) is 11.6 Å². The Kier molecular flexibility index (Phi) is 9.56. The highest BCUT2D eigenvalue weighted by molar-refractivity contribution is 6.06. The number of rotatable bonds is 11. The molecule has 2 aliphatic rings. The molecule has 0 radical (unpaired) electrons. The van der Waals surface area contributed by atoms with Gasteiger partial charge in [-0.05, 0) is 54.7 Å². The van der Waals surface area contributed by atoms with E-state index < -0.39 is 5.91 Å². The third kappa shape index (κ3) is 7.24. The minimum Gasteiger partial charge on any atom is -0.370 e. The number of primary amides is 1. The van der Waals surface area contributed by atoms with E-state index in [0.717, 1.165) is 29.6 Å². The monoisotopic (exact) mass is 594 g/mol. The fraction of sp³-hybridized carbons (Fsp3) is 0.382. The van der Waals surface area contributed by atoms with Gasteiger partial charge in [0.15, 0.2) is 0 Å². The first-order chi connectivity index (χ1) is 21.2. The van der Waals surface area contributed by atoms with Gasteiger partial charge in [-0.1, -0.05) is 50.1 Å². The largest absolute Gasteiger partial charge is 0.370 e. The molecule has 1 fully saturated rings. The van der Waals surface area contributed by atoms with Crippen molar-refractivity contribution in [2.45, 2.75) is 64.7 Å². The number of amides is 3. The van der Waals surface area contributed by atoms with Crippen molar-refractivity contribution in [2.24, 2.45) is 17.6 Å². The van der Waals surface area contributed by atoms with Gasteiger partial charge in [0.25, 0.3) is 5.91 Å². The molecule has 2 aromatic carbocycles. The summed E-state index contributed by atoms with van der Waals surface area (Å²) in [6, 6.07) is 14.9. The number of hydrogen-bond acceptors (Lipinski definition) is 6. The predicted molar refractivity (Wildman–Crippen MR) is 168 cm³/mol. The van der Waals surface area contributed by atoms with Crippen molar-refractivity contribution < 1.29 is 19.1 Å². The molecule has 3 amide bonds. The van der Waals surface area contributed by atoms with E-state index in [-0.39, 0.29) is 36.8 Å². The average molecular weight is 595 g/mol. The van der Waals surface area contributed by atoms with Crippen LogP contribution in [-0.2, 0) is 32.3 Å². The van der Waals surface area contributed by atoms with E-state index in [1.807, 2.05) is 49.4 Å². The zero-order chi connectivity index (χ0) is 31.2. The zero-order valence-corrected chi connectivity index (χ0v) is 25.2. The smallest absolute Gasteiger partial charge is 0.257 e. The molecule has 1 heterocycles. The molecule has 2 atom stereocenters. The van der Waals surface area contributed by atoms with Crippen molar-refractivity contribution in [1.29, 1.82) is 5.26 Å². The summed E-state index contributed by atoms with van der Waals surface area (Å²) >= 11 is 0. The normalized spacial score (nSPS) is 18.2. The van der Waals surface area contributed by atoms with Gasteiger partial charge in [-0.3, -0.25) is 19.7 Å². The number of fused-ring (bicyclic) bond motifs is 1. The number of hydrogen-bond donors (Lipinski definition) is 2. The fourth-order valence-corrected chi connectivity index (χ4v) is 5.88. The van der Waals surface area contributed by atoms with Gasteiger partial charge in [0, 0.05) is 43.6 Å². The molecule has 1 aromatic heterocycles. The van der Waals surface area contributed by atoms with Crippen LogP contribution in [0.15, 0.2) is 66.3 Å². The summed E-state index contributed by atoms with van der Waals surface area (Å²) in [5.41, 5.74) is 9.42. The van der Waals surface area contributed by atoms with Gasteiger partial charge in [0.05, 0.1) is 35.4 Å². The number of carbonyl (C=O) groups excluding carboxylic acids is 3. The number of aromatic nitrogens is 2. The number of aryl methyl sites for hydroxylation is 1. The van der Waals surface area contributed by atoms with Gasteiger partial charge in [-0.2, -0.15) is 5.26 Å². The fourth-order valence-electron chi connectivity index (χ4n) is 5.88. The minimum absolute atomic E-state index is 0.0704. The summed E-state index contributed by atoms with van der Waals surface area (Å²) in [6.07, 6.45) is 10.4. The van der Waals surface area contributed by atoms with Crippen molar-refractivity contribution in [3.8, 4) is 6.07 Å². The summed E-state index contributed by atoms with van der Waals surface area (Å²) in [4.78, 5) is 44.3. The van der Waals surface area contributed by atoms with E-state index in [1.165, 1.54) is 12.8 Å². The van der Waals surface area contributed by atoms with Crippen LogP contribution in [-0.4, -0.2) is 40.4 Å². The lowest BCUT2D eigenvalue weighted by Gasteiger charge is -2.23. The first-order valence-corrected chi connectivity index (χ1v) is 15.1. The molecule has 3 N–H and O–H groups in total. The summed E-state index contributed by atoms with van der Waals surface area (Å²) in [6.45, 7) is 2.56. The lowest BCUT2D eigenvalue weighted by atomic mass is 9.94. The molecule has 3 aromatic rings. The van der Waals surface area contributed by atoms with Crippen LogP contribution in [0.1, 0.15) is 56.6 Å². The number of nitrogens with one attached hydrogen (secondary N) is 1. The first kappa shape index (κ1) is 30.7. The number of nitrogens with zero attached hydrogens (tertiary/aromatic N) is 4. The molecular weight excluding hydrogens is 556 g/mol. The molecule has 0 saturated heterocycles. The van der Waals surface area contributed by atoms with Crippen LogP contribution in [0.3, 0.4) is 0 Å². The molecule has 0 spiro atoms. The van der Waals surface area contributed by atoms with Crippen LogP contribution >= 0.6 is 0 Å². The molecule has 10 nitrogen and oxygen atoms in total. The quantitative estimate of drug-likeness (QED) is 0.320. The number of nitriles is 1. The topological polar surface area (TPSA) is 143 Å². The number of benzene rings is 2. The molecule has 10 heteroatoms. The number of carbonyl (C=O) groups is 3. The molecule has 1 saturated carbocycles. The Bertz CT molecular complexity index is 1660. The molecule has 5 rings (SSSR count). The van der Waals surface area contributed by atoms with Crippen LogP contribution in [0.5, 0.6) is 0 Å². The molecular formula is C34H38N6O4. The first-order valence-electron chi connectivity index (χ1n) is 15.1. The lowest BCUT2D eigenvalue weighted by molar-refractivity contribution is -0.119. The highest BCUT2D eigenvalue weighted by Gasteiger charge is 2.24. The Morgan fingerprint density at radius 2 is 1.98 bits per heavy atom. The molecule has 2 unspecified atom stereocenters. The average Bonchev–Trinajstić information content (AvgIpc) is 3.65. The van der Waals surface area contributed by atoms with Gasteiger partial charge in [0.1, 0.15) is 0 Å². The van der Waals surface area contributed by atoms with Crippen molar-refractivity contribution >= 4 is 40.4 Å². The van der Waals surface area contributed by atoms with Gasteiger partial charge < -0.3 is 19.9 Å². The van der Waals surface area contributed by atoms with Gasteiger partial charge in [0.2, 0.25) is 17.8 Å². The molecule has 0 aliphatic heterocycles.